The van der Waals surface area contributed by atoms with Crippen LogP contribution in [0.25, 0.3) is 0 Å². The Hall–Kier alpha value is -1.81. The number of hydrogen-bond donors (Lipinski definition) is 0. The standard InChI is InChI=1S/C13H12ClNO3/c1-2-5-17-10-6-9(7-15-8-10)13(16)11-3-4-12(14)18-11/h3-4,6-8H,2,5H2,1H3. The Balaban J connectivity index is 2.20. The first-order valence-corrected chi connectivity index (χ1v) is 5.96. The molecule has 4 nitrogen and oxygen atoms in total. The zero-order chi connectivity index (χ0) is 13.0. The summed E-state index contributed by atoms with van der Waals surface area (Å²) in [6, 6.07) is 4.70. The summed E-state index contributed by atoms with van der Waals surface area (Å²) in [5.41, 5.74) is 0.412. The maximum absolute atomic E-state index is 12.0. The Morgan fingerprint density at radius 3 is 2.94 bits per heavy atom. The van der Waals surface area contributed by atoms with Crippen molar-refractivity contribution in [2.45, 2.75) is 13.3 Å². The molecule has 0 radical (unpaired) electrons. The van der Waals surface area contributed by atoms with E-state index in [1.54, 1.807) is 12.3 Å². The molecular weight excluding hydrogens is 254 g/mol. The summed E-state index contributed by atoms with van der Waals surface area (Å²) in [4.78, 5) is 16.0. The van der Waals surface area contributed by atoms with Crippen LogP contribution in [-0.2, 0) is 0 Å². The Morgan fingerprint density at radius 2 is 2.28 bits per heavy atom. The molecule has 2 aromatic rings. The van der Waals surface area contributed by atoms with Crippen molar-refractivity contribution in [3.63, 3.8) is 0 Å². The number of ketones is 1. The molecule has 0 amide bonds. The van der Waals surface area contributed by atoms with E-state index >= 15 is 0 Å². The van der Waals surface area contributed by atoms with Crippen LogP contribution in [0.2, 0.25) is 5.22 Å². The van der Waals surface area contributed by atoms with Crippen molar-refractivity contribution in [1.82, 2.24) is 4.98 Å². The van der Waals surface area contributed by atoms with Gasteiger partial charge < -0.3 is 9.15 Å². The van der Waals surface area contributed by atoms with Gasteiger partial charge in [0.1, 0.15) is 5.75 Å². The molecule has 0 aliphatic carbocycles. The highest BCUT2D eigenvalue weighted by Crippen LogP contribution is 2.19. The summed E-state index contributed by atoms with van der Waals surface area (Å²) in [5, 5.41) is 0.185. The fourth-order valence-electron chi connectivity index (χ4n) is 1.42. The predicted octanol–water partition coefficient (Wildman–Crippen LogP) is 3.35. The summed E-state index contributed by atoms with van der Waals surface area (Å²) in [7, 11) is 0. The number of rotatable bonds is 5. The van der Waals surface area contributed by atoms with Gasteiger partial charge >= 0.3 is 0 Å². The maximum Gasteiger partial charge on any atom is 0.229 e. The van der Waals surface area contributed by atoms with E-state index in [4.69, 9.17) is 20.8 Å². The molecule has 0 saturated heterocycles. The number of pyridine rings is 1. The lowest BCUT2D eigenvalue weighted by molar-refractivity contribution is 0.101. The molecule has 0 aromatic carbocycles. The van der Waals surface area contributed by atoms with Gasteiger partial charge in [-0.1, -0.05) is 6.92 Å². The van der Waals surface area contributed by atoms with Crippen LogP contribution >= 0.6 is 11.6 Å². The molecule has 94 valence electrons. The van der Waals surface area contributed by atoms with E-state index in [1.165, 1.54) is 18.3 Å². The molecule has 0 unspecified atom stereocenters. The normalized spacial score (nSPS) is 10.3. The fraction of sp³-hybridized carbons (Fsp3) is 0.231. The zero-order valence-electron chi connectivity index (χ0n) is 9.85. The molecular formula is C13H12ClNO3. The number of aromatic nitrogens is 1. The van der Waals surface area contributed by atoms with E-state index in [1.807, 2.05) is 6.92 Å². The number of hydrogen-bond acceptors (Lipinski definition) is 4. The van der Waals surface area contributed by atoms with Crippen molar-refractivity contribution < 1.29 is 13.9 Å². The monoisotopic (exact) mass is 265 g/mol. The largest absolute Gasteiger partial charge is 0.492 e. The number of carbonyl (C=O) groups is 1. The molecule has 0 atom stereocenters. The third-order valence-electron chi connectivity index (χ3n) is 2.25. The molecule has 0 aliphatic rings. The molecule has 2 rings (SSSR count). The van der Waals surface area contributed by atoms with Crippen molar-refractivity contribution in [2.75, 3.05) is 6.61 Å². The second-order valence-corrected chi connectivity index (χ2v) is 4.06. The highest BCUT2D eigenvalue weighted by molar-refractivity contribution is 6.29. The van der Waals surface area contributed by atoms with Gasteiger partial charge in [-0.2, -0.15) is 0 Å². The highest BCUT2D eigenvalue weighted by Gasteiger charge is 2.14. The quantitative estimate of drug-likeness (QED) is 0.778. The van der Waals surface area contributed by atoms with Gasteiger partial charge in [-0.15, -0.1) is 0 Å². The molecule has 0 spiro atoms. The van der Waals surface area contributed by atoms with E-state index in [0.29, 0.717) is 17.9 Å². The highest BCUT2D eigenvalue weighted by atomic mass is 35.5. The van der Waals surface area contributed by atoms with Crippen LogP contribution in [0.1, 0.15) is 29.5 Å². The molecule has 5 heteroatoms. The van der Waals surface area contributed by atoms with Gasteiger partial charge in [0.05, 0.1) is 12.8 Å². The third-order valence-corrected chi connectivity index (χ3v) is 2.45. The molecule has 0 aliphatic heterocycles. The SMILES string of the molecule is CCCOc1cncc(C(=O)c2ccc(Cl)o2)c1. The summed E-state index contributed by atoms with van der Waals surface area (Å²) < 4.78 is 10.5. The molecule has 2 aromatic heterocycles. The van der Waals surface area contributed by atoms with Crippen LogP contribution in [0.4, 0.5) is 0 Å². The van der Waals surface area contributed by atoms with Crippen molar-refractivity contribution in [1.29, 1.82) is 0 Å². The van der Waals surface area contributed by atoms with E-state index in [0.717, 1.165) is 6.42 Å². The minimum atomic E-state index is -0.267. The first kappa shape index (κ1) is 12.6. The lowest BCUT2D eigenvalue weighted by Crippen LogP contribution is -2.02. The topological polar surface area (TPSA) is 52.3 Å². The summed E-state index contributed by atoms with van der Waals surface area (Å²) in [6.07, 6.45) is 3.94. The average molecular weight is 266 g/mol. The average Bonchev–Trinajstić information content (AvgIpc) is 2.82. The summed E-state index contributed by atoms with van der Waals surface area (Å²) in [6.45, 7) is 2.60. The van der Waals surface area contributed by atoms with Crippen LogP contribution in [-0.4, -0.2) is 17.4 Å². The smallest absolute Gasteiger partial charge is 0.229 e. The molecule has 0 saturated carbocycles. The van der Waals surface area contributed by atoms with Crippen molar-refractivity contribution in [2.24, 2.45) is 0 Å². The summed E-state index contributed by atoms with van der Waals surface area (Å²) in [5.74, 6) is 0.492. The van der Waals surface area contributed by atoms with Gasteiger partial charge in [0.2, 0.25) is 5.78 Å². The first-order chi connectivity index (χ1) is 8.70. The van der Waals surface area contributed by atoms with Crippen LogP contribution < -0.4 is 4.74 Å². The van der Waals surface area contributed by atoms with Gasteiger partial charge in [0.15, 0.2) is 11.0 Å². The van der Waals surface area contributed by atoms with Gasteiger partial charge in [-0.3, -0.25) is 9.78 Å². The van der Waals surface area contributed by atoms with E-state index in [9.17, 15) is 4.79 Å². The second-order valence-electron chi connectivity index (χ2n) is 3.69. The van der Waals surface area contributed by atoms with E-state index in [-0.39, 0.29) is 16.8 Å². The Bertz CT molecular complexity index is 551. The van der Waals surface area contributed by atoms with Crippen LogP contribution in [0.3, 0.4) is 0 Å². The van der Waals surface area contributed by atoms with Gasteiger partial charge in [-0.05, 0) is 36.2 Å². The van der Waals surface area contributed by atoms with Crippen LogP contribution in [0, 0.1) is 0 Å². The number of furan rings is 1. The fourth-order valence-corrected chi connectivity index (χ4v) is 1.57. The summed E-state index contributed by atoms with van der Waals surface area (Å²) >= 11 is 5.63. The zero-order valence-corrected chi connectivity index (χ0v) is 10.6. The van der Waals surface area contributed by atoms with E-state index < -0.39 is 0 Å². The van der Waals surface area contributed by atoms with Gasteiger partial charge in [0.25, 0.3) is 0 Å². The third kappa shape index (κ3) is 2.90. The molecule has 2 heterocycles. The molecule has 0 bridgehead atoms. The van der Waals surface area contributed by atoms with Crippen molar-refractivity contribution in [3.05, 3.63) is 47.1 Å². The lowest BCUT2D eigenvalue weighted by Gasteiger charge is -2.04. The minimum absolute atomic E-state index is 0.185. The number of halogens is 1. The number of carbonyl (C=O) groups excluding carboxylic acids is 1. The minimum Gasteiger partial charge on any atom is -0.492 e. The van der Waals surface area contributed by atoms with Crippen LogP contribution in [0.15, 0.2) is 35.0 Å². The Kier molecular flexibility index (Phi) is 3.99. The Labute approximate surface area is 110 Å². The van der Waals surface area contributed by atoms with Gasteiger partial charge in [-0.25, -0.2) is 0 Å². The van der Waals surface area contributed by atoms with Crippen molar-refractivity contribution in [3.8, 4) is 5.75 Å². The number of ether oxygens (including phenoxy) is 1. The number of nitrogens with zero attached hydrogens (tertiary/aromatic N) is 1. The molecule has 18 heavy (non-hydrogen) atoms. The molecule has 0 fully saturated rings. The first-order valence-electron chi connectivity index (χ1n) is 5.58. The van der Waals surface area contributed by atoms with E-state index in [2.05, 4.69) is 4.98 Å². The van der Waals surface area contributed by atoms with Gasteiger partial charge in [0, 0.05) is 11.8 Å². The molecule has 0 N–H and O–H groups in total. The second kappa shape index (κ2) is 5.69. The Morgan fingerprint density at radius 1 is 1.44 bits per heavy atom. The lowest BCUT2D eigenvalue weighted by atomic mass is 10.1. The van der Waals surface area contributed by atoms with Crippen molar-refractivity contribution >= 4 is 17.4 Å². The van der Waals surface area contributed by atoms with Crippen LogP contribution in [0.5, 0.6) is 5.75 Å². The maximum atomic E-state index is 12.0. The predicted molar refractivity (Wildman–Crippen MR) is 67.2 cm³/mol.